The van der Waals surface area contributed by atoms with E-state index < -0.39 is 66.8 Å². The molecule has 0 amide bonds. The smallest absolute Gasteiger partial charge is 0.342 e. The average Bonchev–Trinajstić information content (AvgIpc) is 2.58. The van der Waals surface area contributed by atoms with Crippen molar-refractivity contribution in [3.8, 4) is 0 Å². The van der Waals surface area contributed by atoms with Crippen molar-refractivity contribution in [2.45, 2.75) is 38.4 Å². The minimum Gasteiger partial charge on any atom is -0.481 e. The number of carboxylic acids is 5. The number of aliphatic hydroxyl groups is 2. The van der Waals surface area contributed by atoms with E-state index in [4.69, 9.17) is 35.7 Å². The van der Waals surface area contributed by atoms with Crippen molar-refractivity contribution < 1.29 is 74.0 Å². The highest BCUT2D eigenvalue weighted by Crippen LogP contribution is 1.95. The molecule has 0 fully saturated rings. The van der Waals surface area contributed by atoms with Crippen LogP contribution in [0.1, 0.15) is 26.2 Å². The molecule has 0 heterocycles. The highest BCUT2D eigenvalue weighted by atomic mass is 16.6. The van der Waals surface area contributed by atoms with E-state index in [1.807, 2.05) is 0 Å². The molecule has 0 aliphatic heterocycles. The van der Waals surface area contributed by atoms with Crippen LogP contribution >= 0.6 is 0 Å². The Morgan fingerprint density at radius 1 is 0.767 bits per heavy atom. The SMILES string of the molecule is CC(O)C(=O)OC(=O)CCC(=O)O.O=C(O)/C=C/C(=O)O.O=C(O)CC(O)C(=O)O. The van der Waals surface area contributed by atoms with Crippen LogP contribution in [0.25, 0.3) is 0 Å². The summed E-state index contributed by atoms with van der Waals surface area (Å²) >= 11 is 0. The van der Waals surface area contributed by atoms with E-state index in [-0.39, 0.29) is 6.42 Å². The van der Waals surface area contributed by atoms with Crippen LogP contribution in [0.15, 0.2) is 12.2 Å². The van der Waals surface area contributed by atoms with Gasteiger partial charge in [0.2, 0.25) is 0 Å². The molecule has 170 valence electrons. The summed E-state index contributed by atoms with van der Waals surface area (Å²) in [7, 11) is 0. The summed E-state index contributed by atoms with van der Waals surface area (Å²) in [5.41, 5.74) is 0. The molecule has 0 aromatic rings. The van der Waals surface area contributed by atoms with Crippen molar-refractivity contribution in [3.05, 3.63) is 12.2 Å². The number of ether oxygens (including phenoxy) is 1. The molecule has 2 unspecified atom stereocenters. The first-order valence-corrected chi connectivity index (χ1v) is 7.51. The molecule has 0 saturated heterocycles. The Bertz CT molecular complexity index is 645. The largest absolute Gasteiger partial charge is 0.481 e. The van der Waals surface area contributed by atoms with Crippen LogP contribution in [0.2, 0.25) is 0 Å². The molecule has 0 bridgehead atoms. The Morgan fingerprint density at radius 3 is 1.43 bits per heavy atom. The van der Waals surface area contributed by atoms with Crippen molar-refractivity contribution in [2.24, 2.45) is 0 Å². The number of carbonyl (C=O) groups is 7. The van der Waals surface area contributed by atoms with E-state index in [0.29, 0.717) is 12.2 Å². The maximum Gasteiger partial charge on any atom is 0.342 e. The predicted octanol–water partition coefficient (Wildman–Crippen LogP) is -2.08. The molecule has 0 aliphatic carbocycles. The molecule has 0 aromatic carbocycles. The molecule has 0 aromatic heterocycles. The quantitative estimate of drug-likeness (QED) is 0.115. The molecular weight excluding hydrogens is 420 g/mol. The van der Waals surface area contributed by atoms with Crippen molar-refractivity contribution in [1.82, 2.24) is 0 Å². The highest BCUT2D eigenvalue weighted by molar-refractivity contribution is 5.89. The lowest BCUT2D eigenvalue weighted by atomic mass is 10.3. The maximum absolute atomic E-state index is 10.6. The predicted molar refractivity (Wildman–Crippen MR) is 90.0 cm³/mol. The zero-order valence-corrected chi connectivity index (χ0v) is 15.3. The van der Waals surface area contributed by atoms with Crippen LogP contribution in [-0.2, 0) is 38.3 Å². The van der Waals surface area contributed by atoms with Gasteiger partial charge in [0.1, 0.15) is 6.10 Å². The fourth-order valence-corrected chi connectivity index (χ4v) is 0.853. The summed E-state index contributed by atoms with van der Waals surface area (Å²) in [4.78, 5) is 69.7. The molecule has 0 spiro atoms. The Kier molecular flexibility index (Phi) is 17.8. The molecular formula is C15H20O15. The monoisotopic (exact) mass is 440 g/mol. The third-order valence-corrected chi connectivity index (χ3v) is 2.12. The zero-order chi connectivity index (χ0) is 24.4. The van der Waals surface area contributed by atoms with E-state index in [1.165, 1.54) is 0 Å². The van der Waals surface area contributed by atoms with Gasteiger partial charge in [0.25, 0.3) is 0 Å². The van der Waals surface area contributed by atoms with Crippen LogP contribution in [-0.4, -0.2) is 89.7 Å². The number of hydrogen-bond donors (Lipinski definition) is 7. The first kappa shape index (κ1) is 30.9. The van der Waals surface area contributed by atoms with Gasteiger partial charge >= 0.3 is 41.8 Å². The van der Waals surface area contributed by atoms with Gasteiger partial charge in [0.15, 0.2) is 6.10 Å². The van der Waals surface area contributed by atoms with E-state index in [1.54, 1.807) is 0 Å². The summed E-state index contributed by atoms with van der Waals surface area (Å²) < 4.78 is 4.07. The fraction of sp³-hybridized carbons (Fsp3) is 0.400. The van der Waals surface area contributed by atoms with Gasteiger partial charge in [-0.3, -0.25) is 14.4 Å². The van der Waals surface area contributed by atoms with Crippen LogP contribution in [0.3, 0.4) is 0 Å². The third-order valence-electron chi connectivity index (χ3n) is 2.12. The van der Waals surface area contributed by atoms with Crippen LogP contribution in [0, 0.1) is 0 Å². The second kappa shape index (κ2) is 17.3. The van der Waals surface area contributed by atoms with E-state index in [9.17, 15) is 33.6 Å². The van der Waals surface area contributed by atoms with Gasteiger partial charge < -0.3 is 40.5 Å². The Labute approximate surface area is 167 Å². The molecule has 2 atom stereocenters. The Balaban J connectivity index is -0.000000379. The normalized spacial score (nSPS) is 11.4. The average molecular weight is 440 g/mol. The molecule has 0 rings (SSSR count). The van der Waals surface area contributed by atoms with E-state index in [2.05, 4.69) is 4.74 Å². The van der Waals surface area contributed by atoms with Gasteiger partial charge in [0.05, 0.1) is 19.3 Å². The van der Waals surface area contributed by atoms with Gasteiger partial charge in [0, 0.05) is 12.2 Å². The number of esters is 2. The zero-order valence-electron chi connectivity index (χ0n) is 15.3. The highest BCUT2D eigenvalue weighted by Gasteiger charge is 2.16. The minimum absolute atomic E-state index is 0.381. The van der Waals surface area contributed by atoms with Crippen molar-refractivity contribution >= 4 is 41.8 Å². The number of aliphatic hydroxyl groups excluding tert-OH is 2. The molecule has 0 aliphatic rings. The van der Waals surface area contributed by atoms with Crippen LogP contribution in [0.5, 0.6) is 0 Å². The third kappa shape index (κ3) is 26.4. The second-order valence-corrected chi connectivity index (χ2v) is 4.82. The summed E-state index contributed by atoms with van der Waals surface area (Å²) in [5, 5.41) is 56.5. The maximum atomic E-state index is 10.6. The van der Waals surface area contributed by atoms with Gasteiger partial charge in [-0.15, -0.1) is 0 Å². The number of hydrogen-bond acceptors (Lipinski definition) is 10. The van der Waals surface area contributed by atoms with Crippen molar-refractivity contribution in [2.75, 3.05) is 0 Å². The van der Waals surface area contributed by atoms with Gasteiger partial charge in [-0.25, -0.2) is 19.2 Å². The van der Waals surface area contributed by atoms with Crippen LogP contribution in [0.4, 0.5) is 0 Å². The van der Waals surface area contributed by atoms with Gasteiger partial charge in [-0.05, 0) is 6.92 Å². The van der Waals surface area contributed by atoms with Gasteiger partial charge in [-0.2, -0.15) is 0 Å². The minimum atomic E-state index is -1.79. The van der Waals surface area contributed by atoms with Crippen molar-refractivity contribution in [3.63, 3.8) is 0 Å². The number of carbonyl (C=O) groups excluding carboxylic acids is 2. The summed E-state index contributed by atoms with van der Waals surface area (Å²) in [6.07, 6.45) is -3.59. The molecule has 0 radical (unpaired) electrons. The molecule has 7 N–H and O–H groups in total. The second-order valence-electron chi connectivity index (χ2n) is 4.82. The standard InChI is InChI=1S/C7H10O6.C4H6O5.C4H4O4/c1-4(8)7(12)13-6(11)3-2-5(9)10;5-2(4(8)9)1-3(6)7;5-3(6)1-2-4(7)8/h4,8H,2-3H2,1H3,(H,9,10);2,5H,1H2,(H,6,7)(H,8,9);1-2H,(H,5,6)(H,7,8)/b;;2-1+. The first-order valence-electron chi connectivity index (χ1n) is 7.51. The lowest BCUT2D eigenvalue weighted by Gasteiger charge is -2.02. The summed E-state index contributed by atoms with van der Waals surface area (Å²) in [5.74, 6) is -8.53. The summed E-state index contributed by atoms with van der Waals surface area (Å²) in [6.45, 7) is 1.15. The van der Waals surface area contributed by atoms with E-state index >= 15 is 0 Å². The lowest BCUT2D eigenvalue weighted by molar-refractivity contribution is -0.166. The van der Waals surface area contributed by atoms with Crippen LogP contribution < -0.4 is 0 Å². The molecule has 15 nitrogen and oxygen atoms in total. The number of carboxylic acid groups (broad SMARTS) is 5. The number of rotatable bonds is 9. The van der Waals surface area contributed by atoms with E-state index in [0.717, 1.165) is 6.92 Å². The lowest BCUT2D eigenvalue weighted by Crippen LogP contribution is -2.23. The Hall–Kier alpha value is -3.85. The Morgan fingerprint density at radius 2 is 1.20 bits per heavy atom. The molecule has 15 heteroatoms. The summed E-state index contributed by atoms with van der Waals surface area (Å²) in [6, 6.07) is 0. The molecule has 30 heavy (non-hydrogen) atoms. The van der Waals surface area contributed by atoms with Gasteiger partial charge in [-0.1, -0.05) is 0 Å². The van der Waals surface area contributed by atoms with Crippen molar-refractivity contribution in [1.29, 1.82) is 0 Å². The topological polar surface area (TPSA) is 270 Å². The number of aliphatic carboxylic acids is 5. The molecule has 0 saturated carbocycles. The fourth-order valence-electron chi connectivity index (χ4n) is 0.853. The first-order chi connectivity index (χ1) is 13.6.